The van der Waals surface area contributed by atoms with Gasteiger partial charge in [-0.1, -0.05) is 72.3 Å². The van der Waals surface area contributed by atoms with Gasteiger partial charge in [-0.15, -0.1) is 0 Å². The lowest BCUT2D eigenvalue weighted by Gasteiger charge is -2.26. The van der Waals surface area contributed by atoms with E-state index in [1.165, 1.54) is 16.5 Å². The zero-order chi connectivity index (χ0) is 18.5. The van der Waals surface area contributed by atoms with Crippen LogP contribution in [0, 0.1) is 0 Å². The van der Waals surface area contributed by atoms with E-state index in [1.54, 1.807) is 0 Å². The minimum atomic E-state index is 0.788. The van der Waals surface area contributed by atoms with Crippen molar-refractivity contribution in [1.82, 2.24) is 4.98 Å². The zero-order valence-corrected chi connectivity index (χ0v) is 15.6. The van der Waals surface area contributed by atoms with E-state index in [2.05, 4.69) is 58.6 Å². The number of hydrogen-bond donors (Lipinski definition) is 0. The molecule has 0 bridgehead atoms. The smallest absolute Gasteiger partial charge is 0.0701 e. The van der Waals surface area contributed by atoms with Gasteiger partial charge in [0.2, 0.25) is 0 Å². The molecule has 0 radical (unpaired) electrons. The van der Waals surface area contributed by atoms with Crippen molar-refractivity contribution in [2.75, 3.05) is 4.90 Å². The maximum absolute atomic E-state index is 6.21. The molecule has 0 fully saturated rings. The number of fused-ring (bicyclic) bond motifs is 2. The molecule has 0 N–H and O–H groups in total. The van der Waals surface area contributed by atoms with Crippen molar-refractivity contribution < 1.29 is 0 Å². The first-order valence-electron chi connectivity index (χ1n) is 8.88. The Morgan fingerprint density at radius 1 is 0.778 bits per heavy atom. The summed E-state index contributed by atoms with van der Waals surface area (Å²) in [6.45, 7) is 0.871. The molecular weight excluding hydrogens is 352 g/mol. The van der Waals surface area contributed by atoms with E-state index in [-0.39, 0.29) is 0 Å². The van der Waals surface area contributed by atoms with Crippen molar-refractivity contribution in [3.05, 3.63) is 113 Å². The normalized spacial score (nSPS) is 12.3. The van der Waals surface area contributed by atoms with Gasteiger partial charge in [-0.25, -0.2) is 0 Å². The fourth-order valence-electron chi connectivity index (χ4n) is 3.11. The van der Waals surface area contributed by atoms with Gasteiger partial charge >= 0.3 is 0 Å². The van der Waals surface area contributed by atoms with Crippen LogP contribution in [0.5, 0.6) is 0 Å². The second kappa shape index (κ2) is 8.07. The maximum Gasteiger partial charge on any atom is 0.0701 e. The van der Waals surface area contributed by atoms with Crippen LogP contribution in [0.2, 0.25) is 5.02 Å². The van der Waals surface area contributed by atoms with Gasteiger partial charge in [0.05, 0.1) is 16.2 Å². The predicted octanol–water partition coefficient (Wildman–Crippen LogP) is 6.57. The number of nitrogens with zero attached hydrogens (tertiary/aromatic N) is 2. The Morgan fingerprint density at radius 3 is 2.41 bits per heavy atom. The van der Waals surface area contributed by atoms with E-state index in [9.17, 15) is 0 Å². The lowest BCUT2D eigenvalue weighted by Crippen LogP contribution is -2.19. The first-order valence-corrected chi connectivity index (χ1v) is 9.26. The van der Waals surface area contributed by atoms with Crippen molar-refractivity contribution in [1.29, 1.82) is 0 Å². The second-order valence-corrected chi connectivity index (χ2v) is 6.70. The first-order chi connectivity index (χ1) is 13.3. The summed E-state index contributed by atoms with van der Waals surface area (Å²) in [6.07, 6.45) is 6.02. The molecule has 0 atom stereocenters. The van der Waals surface area contributed by atoms with Crippen LogP contribution in [0.1, 0.15) is 11.1 Å². The molecule has 0 aliphatic carbocycles. The van der Waals surface area contributed by atoms with Crippen LogP contribution < -0.4 is 4.90 Å². The van der Waals surface area contributed by atoms with E-state index in [1.807, 2.05) is 54.7 Å². The molecule has 2 heterocycles. The third kappa shape index (κ3) is 4.02. The van der Waals surface area contributed by atoms with E-state index in [0.717, 1.165) is 22.8 Å². The Morgan fingerprint density at radius 2 is 1.52 bits per heavy atom. The molecule has 1 aliphatic rings. The van der Waals surface area contributed by atoms with E-state index in [0.29, 0.717) is 0 Å². The summed E-state index contributed by atoms with van der Waals surface area (Å²) in [5, 5.41) is 1.99. The molecule has 132 valence electrons. The summed E-state index contributed by atoms with van der Waals surface area (Å²) in [5.74, 6) is 0. The molecule has 5 rings (SSSR count). The predicted molar refractivity (Wildman–Crippen MR) is 115 cm³/mol. The third-order valence-electron chi connectivity index (χ3n) is 4.50. The highest BCUT2D eigenvalue weighted by atomic mass is 35.5. The summed E-state index contributed by atoms with van der Waals surface area (Å²) in [6, 6.07) is 28.4. The van der Waals surface area contributed by atoms with Gasteiger partial charge in [0, 0.05) is 24.3 Å². The Hall–Kier alpha value is -3.10. The van der Waals surface area contributed by atoms with Crippen LogP contribution in [0.25, 0.3) is 17.0 Å². The molecule has 1 aromatic heterocycles. The summed E-state index contributed by atoms with van der Waals surface area (Å²) in [5.41, 5.74) is 4.73. The number of pyridine rings is 1. The van der Waals surface area contributed by atoms with Crippen molar-refractivity contribution in [2.24, 2.45) is 0 Å². The number of anilines is 1. The molecule has 1 aliphatic heterocycles. The second-order valence-electron chi connectivity index (χ2n) is 6.29. The zero-order valence-electron chi connectivity index (χ0n) is 14.8. The monoisotopic (exact) mass is 370 g/mol. The average Bonchev–Trinajstić information content (AvgIpc) is 2.74. The molecule has 4 aromatic rings. The maximum atomic E-state index is 6.21. The van der Waals surface area contributed by atoms with Gasteiger partial charge in [-0.2, -0.15) is 0 Å². The van der Waals surface area contributed by atoms with Crippen LogP contribution in [0.15, 0.2) is 97.3 Å². The fraction of sp³-hybridized carbons (Fsp3) is 0.0417. The Kier molecular flexibility index (Phi) is 5.17. The first kappa shape index (κ1) is 17.3. The van der Waals surface area contributed by atoms with E-state index < -0.39 is 0 Å². The van der Waals surface area contributed by atoms with E-state index in [4.69, 9.17) is 11.6 Å². The van der Waals surface area contributed by atoms with Crippen molar-refractivity contribution in [3.63, 3.8) is 0 Å². The number of rotatable bonds is 1. The number of aromatic nitrogens is 1. The van der Waals surface area contributed by atoms with Crippen LogP contribution in [0.4, 0.5) is 5.69 Å². The Labute approximate surface area is 164 Å². The largest absolute Gasteiger partial charge is 0.342 e. The lowest BCUT2D eigenvalue weighted by molar-refractivity contribution is 0.954. The molecule has 0 spiro atoms. The minimum absolute atomic E-state index is 0.788. The number of benzene rings is 3. The Balaban J connectivity index is 0.000000153. The molecule has 0 saturated heterocycles. The van der Waals surface area contributed by atoms with E-state index >= 15 is 0 Å². The molecule has 3 heteroatoms. The highest BCUT2D eigenvalue weighted by Crippen LogP contribution is 2.30. The topological polar surface area (TPSA) is 16.1 Å². The van der Waals surface area contributed by atoms with Gasteiger partial charge in [0.25, 0.3) is 0 Å². The van der Waals surface area contributed by atoms with Crippen LogP contribution >= 0.6 is 11.6 Å². The number of halogens is 1. The van der Waals surface area contributed by atoms with Crippen molar-refractivity contribution in [3.8, 4) is 0 Å². The molecule has 0 amide bonds. The molecule has 27 heavy (non-hydrogen) atoms. The van der Waals surface area contributed by atoms with Gasteiger partial charge in [0.1, 0.15) is 0 Å². The van der Waals surface area contributed by atoms with Gasteiger partial charge in [0.15, 0.2) is 0 Å². The molecule has 0 unspecified atom stereocenters. The molecular formula is C24H19ClN2. The lowest BCUT2D eigenvalue weighted by atomic mass is 10.0. The summed E-state index contributed by atoms with van der Waals surface area (Å²) in [7, 11) is 0. The van der Waals surface area contributed by atoms with Gasteiger partial charge < -0.3 is 4.90 Å². The van der Waals surface area contributed by atoms with Crippen LogP contribution in [-0.4, -0.2) is 4.98 Å². The molecule has 3 aromatic carbocycles. The van der Waals surface area contributed by atoms with Crippen molar-refractivity contribution in [2.45, 2.75) is 6.54 Å². The van der Waals surface area contributed by atoms with Crippen LogP contribution in [0.3, 0.4) is 0 Å². The molecule has 2 nitrogen and oxygen atoms in total. The SMILES string of the molecule is Clc1ccccc1N1C=Cc2ccccc2C1.c1ccc2ncccc2c1. The summed E-state index contributed by atoms with van der Waals surface area (Å²) < 4.78 is 0. The Bertz CT molecular complexity index is 1020. The van der Waals surface area contributed by atoms with Crippen molar-refractivity contribution >= 4 is 34.3 Å². The van der Waals surface area contributed by atoms with Gasteiger partial charge in [-0.3, -0.25) is 4.98 Å². The fourth-order valence-corrected chi connectivity index (χ4v) is 3.36. The summed E-state index contributed by atoms with van der Waals surface area (Å²) in [4.78, 5) is 6.35. The quantitative estimate of drug-likeness (QED) is 0.377. The molecule has 0 saturated carbocycles. The standard InChI is InChI=1S/C15H12ClN.C9H7N/c16-14-7-3-4-8-15(14)17-10-9-12-5-1-2-6-13(12)11-17;1-2-6-9-8(4-1)5-3-7-10-9/h1-10H,11H2;1-7H. The number of para-hydroxylation sites is 2. The minimum Gasteiger partial charge on any atom is -0.342 e. The van der Waals surface area contributed by atoms with Crippen LogP contribution in [-0.2, 0) is 6.54 Å². The van der Waals surface area contributed by atoms with Gasteiger partial charge in [-0.05, 0) is 41.5 Å². The highest BCUT2D eigenvalue weighted by Gasteiger charge is 2.13. The summed E-state index contributed by atoms with van der Waals surface area (Å²) >= 11 is 6.21. The third-order valence-corrected chi connectivity index (χ3v) is 4.82. The highest BCUT2D eigenvalue weighted by molar-refractivity contribution is 6.33. The number of hydrogen-bond acceptors (Lipinski definition) is 2. The average molecular weight is 371 g/mol.